The fourth-order valence-corrected chi connectivity index (χ4v) is 5.45. The van der Waals surface area contributed by atoms with Gasteiger partial charge in [-0.1, -0.05) is 11.6 Å². The molecule has 0 bridgehead atoms. The van der Waals surface area contributed by atoms with Gasteiger partial charge in [0.2, 0.25) is 11.8 Å². The van der Waals surface area contributed by atoms with Crippen molar-refractivity contribution in [3.8, 4) is 0 Å². The Morgan fingerprint density at radius 2 is 2.33 bits per heavy atom. The minimum atomic E-state index is -0.354. The Morgan fingerprint density at radius 3 is 3.00 bits per heavy atom. The van der Waals surface area contributed by atoms with Crippen LogP contribution in [0.4, 0.5) is 0 Å². The third-order valence-corrected chi connectivity index (χ3v) is 7.05. The molecule has 2 amide bonds. The molecule has 2 aliphatic rings. The van der Waals surface area contributed by atoms with E-state index in [1.54, 1.807) is 16.7 Å². The van der Waals surface area contributed by atoms with E-state index in [9.17, 15) is 9.59 Å². The highest BCUT2D eigenvalue weighted by atomic mass is 35.5. The molecule has 21 heavy (non-hydrogen) atoms. The highest BCUT2D eigenvalue weighted by Gasteiger charge is 2.52. The van der Waals surface area contributed by atoms with Gasteiger partial charge >= 0.3 is 0 Å². The van der Waals surface area contributed by atoms with Crippen molar-refractivity contribution in [1.82, 2.24) is 10.2 Å². The molecule has 4 nitrogen and oxygen atoms in total. The van der Waals surface area contributed by atoms with Crippen LogP contribution in [0.1, 0.15) is 37.6 Å². The molecular weight excluding hydrogens is 328 g/mol. The van der Waals surface area contributed by atoms with E-state index in [1.807, 2.05) is 19.1 Å². The van der Waals surface area contributed by atoms with Gasteiger partial charge in [-0.3, -0.25) is 9.59 Å². The van der Waals surface area contributed by atoms with Crippen LogP contribution in [0.25, 0.3) is 0 Å². The lowest BCUT2D eigenvalue weighted by molar-refractivity contribution is -0.138. The van der Waals surface area contributed by atoms with Crippen LogP contribution >= 0.6 is 34.7 Å². The van der Waals surface area contributed by atoms with Gasteiger partial charge in [0, 0.05) is 17.1 Å². The first-order valence-corrected chi connectivity index (χ1v) is 9.10. The fraction of sp³-hybridized carbons (Fsp3) is 0.571. The molecule has 0 spiro atoms. The number of thioether (sulfide) groups is 1. The van der Waals surface area contributed by atoms with Gasteiger partial charge in [0.05, 0.1) is 15.2 Å². The number of nitrogens with one attached hydrogen (secondary N) is 1. The predicted octanol–water partition coefficient (Wildman–Crippen LogP) is 3.03. The van der Waals surface area contributed by atoms with Crippen LogP contribution in [0.3, 0.4) is 0 Å². The maximum Gasteiger partial charge on any atom is 0.244 e. The zero-order valence-corrected chi connectivity index (χ0v) is 14.3. The van der Waals surface area contributed by atoms with Crippen LogP contribution in [-0.4, -0.2) is 33.4 Å². The van der Waals surface area contributed by atoms with Crippen molar-refractivity contribution < 1.29 is 9.59 Å². The van der Waals surface area contributed by atoms with Crippen molar-refractivity contribution >= 4 is 46.5 Å². The monoisotopic (exact) mass is 344 g/mol. The molecule has 0 aliphatic carbocycles. The quantitative estimate of drug-likeness (QED) is 0.916. The molecule has 1 aromatic rings. The van der Waals surface area contributed by atoms with Crippen molar-refractivity contribution in [1.29, 1.82) is 0 Å². The second-order valence-corrected chi connectivity index (χ2v) is 8.89. The SMILES string of the molecule is C[C@H](NC(=O)[C@@H]1CS[C@]2(C)CCC(=O)N12)c1ccc(Cl)s1. The predicted molar refractivity (Wildman–Crippen MR) is 86.6 cm³/mol. The van der Waals surface area contributed by atoms with E-state index in [1.165, 1.54) is 11.3 Å². The molecule has 3 atom stereocenters. The van der Waals surface area contributed by atoms with E-state index in [-0.39, 0.29) is 28.8 Å². The molecule has 3 rings (SSSR count). The minimum absolute atomic E-state index is 0.0708. The summed E-state index contributed by atoms with van der Waals surface area (Å²) < 4.78 is 0.713. The molecular formula is C14H17ClN2O2S2. The lowest BCUT2D eigenvalue weighted by Crippen LogP contribution is -2.50. The summed E-state index contributed by atoms with van der Waals surface area (Å²) >= 11 is 9.10. The molecule has 0 saturated carbocycles. The Morgan fingerprint density at radius 1 is 1.57 bits per heavy atom. The topological polar surface area (TPSA) is 49.4 Å². The summed E-state index contributed by atoms with van der Waals surface area (Å²) in [6.45, 7) is 3.99. The molecule has 2 saturated heterocycles. The molecule has 1 N–H and O–H groups in total. The average Bonchev–Trinajstić information content (AvgIpc) is 3.07. The van der Waals surface area contributed by atoms with Crippen LogP contribution in [0, 0.1) is 0 Å². The van der Waals surface area contributed by atoms with E-state index in [0.29, 0.717) is 16.5 Å². The van der Waals surface area contributed by atoms with Gasteiger partial charge in [-0.25, -0.2) is 0 Å². The number of rotatable bonds is 3. The summed E-state index contributed by atoms with van der Waals surface area (Å²) in [6.07, 6.45) is 1.37. The zero-order valence-electron chi connectivity index (χ0n) is 11.9. The Balaban J connectivity index is 1.70. The second kappa shape index (κ2) is 5.48. The largest absolute Gasteiger partial charge is 0.347 e. The number of carbonyl (C=O) groups is 2. The Hall–Kier alpha value is -0.720. The summed E-state index contributed by atoms with van der Waals surface area (Å²) in [5, 5.41) is 3.01. The minimum Gasteiger partial charge on any atom is -0.347 e. The smallest absolute Gasteiger partial charge is 0.244 e. The average molecular weight is 345 g/mol. The van der Waals surface area contributed by atoms with Crippen LogP contribution in [0.15, 0.2) is 12.1 Å². The van der Waals surface area contributed by atoms with Gasteiger partial charge in [0.15, 0.2) is 0 Å². The zero-order chi connectivity index (χ0) is 15.2. The first-order valence-electron chi connectivity index (χ1n) is 6.92. The normalized spacial score (nSPS) is 29.6. The summed E-state index contributed by atoms with van der Waals surface area (Å²) in [7, 11) is 0. The molecule has 0 unspecified atom stereocenters. The first-order chi connectivity index (χ1) is 9.90. The molecule has 3 heterocycles. The Bertz CT molecular complexity index is 591. The van der Waals surface area contributed by atoms with Crippen molar-refractivity contribution in [3.05, 3.63) is 21.3 Å². The van der Waals surface area contributed by atoms with Crippen LogP contribution < -0.4 is 5.32 Å². The molecule has 7 heteroatoms. The number of carbonyl (C=O) groups excluding carboxylic acids is 2. The van der Waals surface area contributed by atoms with Gasteiger partial charge in [0.25, 0.3) is 0 Å². The van der Waals surface area contributed by atoms with E-state index in [2.05, 4.69) is 12.2 Å². The highest BCUT2D eigenvalue weighted by Crippen LogP contribution is 2.47. The van der Waals surface area contributed by atoms with E-state index >= 15 is 0 Å². The van der Waals surface area contributed by atoms with E-state index < -0.39 is 0 Å². The van der Waals surface area contributed by atoms with Crippen molar-refractivity contribution in [3.63, 3.8) is 0 Å². The van der Waals surface area contributed by atoms with E-state index in [4.69, 9.17) is 11.6 Å². The number of nitrogens with zero attached hydrogens (tertiary/aromatic N) is 1. The molecule has 2 fully saturated rings. The lowest BCUT2D eigenvalue weighted by atomic mass is 10.2. The van der Waals surface area contributed by atoms with Gasteiger partial charge in [-0.15, -0.1) is 23.1 Å². The lowest BCUT2D eigenvalue weighted by Gasteiger charge is -2.30. The number of amides is 2. The fourth-order valence-electron chi connectivity index (χ4n) is 2.96. The van der Waals surface area contributed by atoms with Crippen LogP contribution in [0.5, 0.6) is 0 Å². The number of halogens is 1. The highest BCUT2D eigenvalue weighted by molar-refractivity contribution is 8.01. The number of thiophene rings is 1. The summed E-state index contributed by atoms with van der Waals surface area (Å²) in [4.78, 5) is 27.2. The molecule has 114 valence electrons. The number of hydrogen-bond acceptors (Lipinski definition) is 4. The summed E-state index contributed by atoms with van der Waals surface area (Å²) in [5.41, 5.74) is 0. The van der Waals surface area contributed by atoms with Crippen LogP contribution in [0.2, 0.25) is 4.34 Å². The maximum absolute atomic E-state index is 12.5. The molecule has 2 aliphatic heterocycles. The third-order valence-electron chi connectivity index (χ3n) is 4.13. The van der Waals surface area contributed by atoms with Crippen molar-refractivity contribution in [2.75, 3.05) is 5.75 Å². The number of hydrogen-bond donors (Lipinski definition) is 1. The van der Waals surface area contributed by atoms with Crippen LogP contribution in [-0.2, 0) is 9.59 Å². The van der Waals surface area contributed by atoms with Crippen molar-refractivity contribution in [2.45, 2.75) is 43.6 Å². The molecule has 0 aromatic carbocycles. The first kappa shape index (κ1) is 15.2. The van der Waals surface area contributed by atoms with Gasteiger partial charge < -0.3 is 10.2 Å². The van der Waals surface area contributed by atoms with E-state index in [0.717, 1.165) is 11.3 Å². The number of fused-ring (bicyclic) bond motifs is 1. The standard InChI is InChI=1S/C14H17ClN2O2S2/c1-8(10-3-4-11(15)21-10)16-13(19)9-7-20-14(2)6-5-12(18)17(9)14/h3-4,8-9H,5-7H2,1-2H3,(H,16,19)/t8-,9-,14+/m0/s1. The van der Waals surface area contributed by atoms with Gasteiger partial charge in [-0.2, -0.15) is 0 Å². The maximum atomic E-state index is 12.5. The Labute approximate surface area is 137 Å². The Kier molecular flexibility index (Phi) is 3.96. The van der Waals surface area contributed by atoms with Gasteiger partial charge in [-0.05, 0) is 32.4 Å². The third kappa shape index (κ3) is 2.69. The summed E-state index contributed by atoms with van der Waals surface area (Å²) in [5.74, 6) is 0.694. The molecule has 1 aromatic heterocycles. The second-order valence-electron chi connectivity index (χ2n) is 5.64. The van der Waals surface area contributed by atoms with Crippen molar-refractivity contribution in [2.24, 2.45) is 0 Å². The molecule has 0 radical (unpaired) electrons. The summed E-state index contributed by atoms with van der Waals surface area (Å²) in [6, 6.07) is 3.31. The van der Waals surface area contributed by atoms with Gasteiger partial charge in [0.1, 0.15) is 6.04 Å².